The zero-order valence-corrected chi connectivity index (χ0v) is 10.4. The number of halogens is 1. The van der Waals surface area contributed by atoms with Crippen molar-refractivity contribution in [2.75, 3.05) is 0 Å². The minimum Gasteiger partial charge on any atom is -0.324 e. The predicted octanol–water partition coefficient (Wildman–Crippen LogP) is 3.16. The number of aromatic nitrogens is 1. The quantitative estimate of drug-likeness (QED) is 0.897. The van der Waals surface area contributed by atoms with Crippen LogP contribution in [0.4, 0.5) is 4.39 Å². The van der Waals surface area contributed by atoms with Crippen LogP contribution in [0.15, 0.2) is 42.6 Å². The topological polar surface area (TPSA) is 38.9 Å². The molecule has 94 valence electrons. The molecular weight excluding hydrogens is 227 g/mol. The predicted molar refractivity (Wildman–Crippen MR) is 70.6 cm³/mol. The molecule has 18 heavy (non-hydrogen) atoms. The second-order valence-corrected chi connectivity index (χ2v) is 4.53. The molecule has 0 aliphatic carbocycles. The Bertz CT molecular complexity index is 491. The second-order valence-electron chi connectivity index (χ2n) is 4.53. The molecule has 0 fully saturated rings. The van der Waals surface area contributed by atoms with Crippen LogP contribution in [0.1, 0.15) is 29.3 Å². The fourth-order valence-corrected chi connectivity index (χ4v) is 1.99. The lowest BCUT2D eigenvalue weighted by molar-refractivity contribution is 0.606. The highest BCUT2D eigenvalue weighted by Gasteiger charge is 2.08. The Hall–Kier alpha value is -1.74. The summed E-state index contributed by atoms with van der Waals surface area (Å²) in [6, 6.07) is 10.6. The van der Waals surface area contributed by atoms with E-state index >= 15 is 0 Å². The Balaban J connectivity index is 2.01. The van der Waals surface area contributed by atoms with Crippen LogP contribution in [0.3, 0.4) is 0 Å². The Kier molecular flexibility index (Phi) is 4.05. The molecule has 1 atom stereocenters. The average Bonchev–Trinajstić information content (AvgIpc) is 2.36. The van der Waals surface area contributed by atoms with Crippen molar-refractivity contribution in [2.24, 2.45) is 5.73 Å². The highest BCUT2D eigenvalue weighted by Crippen LogP contribution is 2.18. The van der Waals surface area contributed by atoms with Gasteiger partial charge in [-0.15, -0.1) is 0 Å². The van der Waals surface area contributed by atoms with Crippen LogP contribution in [-0.4, -0.2) is 4.98 Å². The van der Waals surface area contributed by atoms with Gasteiger partial charge in [0.25, 0.3) is 0 Å². The molecule has 2 aromatic rings. The number of aryl methyl sites for hydroxylation is 2. The van der Waals surface area contributed by atoms with E-state index in [2.05, 4.69) is 4.98 Å². The minimum absolute atomic E-state index is 0.151. The van der Waals surface area contributed by atoms with Gasteiger partial charge in [-0.1, -0.05) is 12.1 Å². The van der Waals surface area contributed by atoms with Crippen LogP contribution in [0, 0.1) is 12.7 Å². The smallest absolute Gasteiger partial charge is 0.123 e. The lowest BCUT2D eigenvalue weighted by Gasteiger charge is -2.12. The highest BCUT2D eigenvalue weighted by molar-refractivity contribution is 5.26. The molecule has 0 amide bonds. The van der Waals surface area contributed by atoms with Gasteiger partial charge in [-0.05, 0) is 55.2 Å². The molecule has 2 rings (SSSR count). The summed E-state index contributed by atoms with van der Waals surface area (Å²) in [5.41, 5.74) is 8.85. The van der Waals surface area contributed by atoms with Gasteiger partial charge in [0.15, 0.2) is 0 Å². The minimum atomic E-state index is -0.224. The average molecular weight is 244 g/mol. The summed E-state index contributed by atoms with van der Waals surface area (Å²) in [5.74, 6) is -0.224. The van der Waals surface area contributed by atoms with Crippen molar-refractivity contribution in [2.45, 2.75) is 25.8 Å². The maximum Gasteiger partial charge on any atom is 0.123 e. The van der Waals surface area contributed by atoms with Crippen molar-refractivity contribution in [1.29, 1.82) is 0 Å². The Morgan fingerprint density at radius 3 is 2.78 bits per heavy atom. The molecule has 0 spiro atoms. The monoisotopic (exact) mass is 244 g/mol. The first kappa shape index (κ1) is 12.7. The first-order chi connectivity index (χ1) is 8.65. The first-order valence-electron chi connectivity index (χ1n) is 6.08. The summed E-state index contributed by atoms with van der Waals surface area (Å²) >= 11 is 0. The van der Waals surface area contributed by atoms with Crippen molar-refractivity contribution in [3.05, 3.63) is 65.2 Å². The maximum absolute atomic E-state index is 13.3. The number of rotatable bonds is 4. The van der Waals surface area contributed by atoms with Gasteiger partial charge in [0.2, 0.25) is 0 Å². The van der Waals surface area contributed by atoms with Gasteiger partial charge in [0.05, 0.1) is 0 Å². The molecule has 0 aliphatic rings. The van der Waals surface area contributed by atoms with Gasteiger partial charge < -0.3 is 5.73 Å². The molecule has 0 radical (unpaired) electrons. The molecule has 1 aromatic carbocycles. The maximum atomic E-state index is 13.3. The fourth-order valence-electron chi connectivity index (χ4n) is 1.99. The molecular formula is C15H17FN2. The Morgan fingerprint density at radius 2 is 2.11 bits per heavy atom. The summed E-state index contributed by atoms with van der Waals surface area (Å²) in [5, 5.41) is 0. The van der Waals surface area contributed by atoms with E-state index in [9.17, 15) is 4.39 Å². The number of nitrogens with two attached hydrogens (primary N) is 1. The zero-order chi connectivity index (χ0) is 13.0. The molecule has 0 bridgehead atoms. The molecule has 0 saturated heterocycles. The number of hydrogen-bond donors (Lipinski definition) is 1. The van der Waals surface area contributed by atoms with Crippen LogP contribution in [0.25, 0.3) is 0 Å². The van der Waals surface area contributed by atoms with Gasteiger partial charge >= 0.3 is 0 Å². The molecule has 0 saturated carbocycles. The van der Waals surface area contributed by atoms with Crippen molar-refractivity contribution >= 4 is 0 Å². The third-order valence-corrected chi connectivity index (χ3v) is 2.93. The normalized spacial score (nSPS) is 12.4. The summed E-state index contributed by atoms with van der Waals surface area (Å²) in [4.78, 5) is 4.25. The third-order valence-electron chi connectivity index (χ3n) is 2.93. The van der Waals surface area contributed by atoms with Crippen LogP contribution in [0.5, 0.6) is 0 Å². The zero-order valence-electron chi connectivity index (χ0n) is 10.4. The number of nitrogens with zero attached hydrogens (tertiary/aromatic N) is 1. The molecule has 1 heterocycles. The molecule has 1 aromatic heterocycles. The van der Waals surface area contributed by atoms with Crippen LogP contribution < -0.4 is 5.73 Å². The number of benzene rings is 1. The van der Waals surface area contributed by atoms with E-state index < -0.39 is 0 Å². The van der Waals surface area contributed by atoms with Crippen molar-refractivity contribution in [1.82, 2.24) is 4.98 Å². The van der Waals surface area contributed by atoms with E-state index in [0.717, 1.165) is 29.7 Å². The molecule has 0 aliphatic heterocycles. The van der Waals surface area contributed by atoms with Crippen LogP contribution in [0.2, 0.25) is 0 Å². The number of pyridine rings is 1. The van der Waals surface area contributed by atoms with E-state index in [-0.39, 0.29) is 11.9 Å². The van der Waals surface area contributed by atoms with E-state index in [1.807, 2.05) is 31.2 Å². The van der Waals surface area contributed by atoms with Crippen LogP contribution >= 0.6 is 0 Å². The van der Waals surface area contributed by atoms with Gasteiger partial charge in [0.1, 0.15) is 5.82 Å². The SMILES string of the molecule is Cc1cc(F)cc(C(N)CCc2ccccn2)c1. The lowest BCUT2D eigenvalue weighted by Crippen LogP contribution is -2.12. The Labute approximate surface area is 107 Å². The van der Waals surface area contributed by atoms with Gasteiger partial charge in [-0.3, -0.25) is 4.98 Å². The number of hydrogen-bond acceptors (Lipinski definition) is 2. The molecule has 2 nitrogen and oxygen atoms in total. The van der Waals surface area contributed by atoms with Crippen LogP contribution in [-0.2, 0) is 6.42 Å². The first-order valence-corrected chi connectivity index (χ1v) is 6.08. The molecule has 1 unspecified atom stereocenters. The van der Waals surface area contributed by atoms with E-state index in [0.29, 0.717) is 0 Å². The highest BCUT2D eigenvalue weighted by atomic mass is 19.1. The summed E-state index contributed by atoms with van der Waals surface area (Å²) in [6.07, 6.45) is 3.34. The molecule has 2 N–H and O–H groups in total. The molecule has 3 heteroatoms. The van der Waals surface area contributed by atoms with E-state index in [4.69, 9.17) is 5.73 Å². The van der Waals surface area contributed by atoms with E-state index in [1.165, 1.54) is 12.1 Å². The fraction of sp³-hybridized carbons (Fsp3) is 0.267. The van der Waals surface area contributed by atoms with Crippen molar-refractivity contribution < 1.29 is 4.39 Å². The van der Waals surface area contributed by atoms with E-state index in [1.54, 1.807) is 6.20 Å². The lowest BCUT2D eigenvalue weighted by atomic mass is 10.00. The second kappa shape index (κ2) is 5.74. The van der Waals surface area contributed by atoms with Crippen molar-refractivity contribution in [3.8, 4) is 0 Å². The third kappa shape index (κ3) is 3.37. The largest absolute Gasteiger partial charge is 0.324 e. The summed E-state index contributed by atoms with van der Waals surface area (Å²) in [7, 11) is 0. The Morgan fingerprint density at radius 1 is 1.28 bits per heavy atom. The van der Waals surface area contributed by atoms with Gasteiger partial charge in [-0.2, -0.15) is 0 Å². The standard InChI is InChI=1S/C15H17FN2/c1-11-8-12(10-13(16)9-11)15(17)6-5-14-4-2-3-7-18-14/h2-4,7-10,15H,5-6,17H2,1H3. The van der Waals surface area contributed by atoms with Gasteiger partial charge in [0, 0.05) is 17.9 Å². The van der Waals surface area contributed by atoms with Gasteiger partial charge in [-0.25, -0.2) is 4.39 Å². The summed E-state index contributed by atoms with van der Waals surface area (Å²) in [6.45, 7) is 1.87. The summed E-state index contributed by atoms with van der Waals surface area (Å²) < 4.78 is 13.3. The van der Waals surface area contributed by atoms with Crippen molar-refractivity contribution in [3.63, 3.8) is 0 Å².